The predicted molar refractivity (Wildman–Crippen MR) is 166 cm³/mol. The van der Waals surface area contributed by atoms with E-state index in [1.165, 1.54) is 0 Å². The smallest absolute Gasteiger partial charge is 0.246 e. The standard InChI is InChI=1S/C33H40N8O3/c1-34-27(18-22-19-35-25-14-9-7-13-24(22)25)31(42)36-26-15-8-6-12-23-16-17-29(41(23)33(26)44)32(43)37-30(21-10-4-3-5-11-21)28-20-40(2)39-38-28/h3-5,7,9-11,13-14,19-20,23,26-27,29-30,34-35H,6,8,12,15-18H2,1-2H3,(H,36,42)(H,37,43)/t23-,26-,27-,29-,30-/m0/s1. The second-order valence-corrected chi connectivity index (χ2v) is 11.9. The van der Waals surface area contributed by atoms with Gasteiger partial charge in [0.2, 0.25) is 17.7 Å². The molecule has 2 saturated heterocycles. The number of nitrogens with one attached hydrogen (secondary N) is 4. The van der Waals surface area contributed by atoms with Crippen LogP contribution < -0.4 is 16.0 Å². The number of aromatic amines is 1. The second-order valence-electron chi connectivity index (χ2n) is 11.9. The molecule has 4 N–H and O–H groups in total. The number of amides is 3. The highest BCUT2D eigenvalue weighted by Crippen LogP contribution is 2.32. The van der Waals surface area contributed by atoms with Crippen molar-refractivity contribution in [1.29, 1.82) is 0 Å². The molecule has 2 aliphatic heterocycles. The van der Waals surface area contributed by atoms with Gasteiger partial charge < -0.3 is 25.8 Å². The lowest BCUT2D eigenvalue weighted by atomic mass is 9.98. The lowest BCUT2D eigenvalue weighted by Crippen LogP contribution is -2.58. The zero-order valence-corrected chi connectivity index (χ0v) is 25.2. The molecule has 11 nitrogen and oxygen atoms in total. The minimum Gasteiger partial charge on any atom is -0.361 e. The van der Waals surface area contributed by atoms with Crippen molar-refractivity contribution in [3.05, 3.63) is 83.8 Å². The zero-order chi connectivity index (χ0) is 30.6. The Bertz CT molecular complexity index is 1620. The Morgan fingerprint density at radius 2 is 1.80 bits per heavy atom. The summed E-state index contributed by atoms with van der Waals surface area (Å²) in [5.74, 6) is -0.628. The van der Waals surface area contributed by atoms with E-state index in [4.69, 9.17) is 0 Å². The summed E-state index contributed by atoms with van der Waals surface area (Å²) < 4.78 is 1.61. The highest BCUT2D eigenvalue weighted by atomic mass is 16.2. The van der Waals surface area contributed by atoms with Crippen molar-refractivity contribution >= 4 is 28.6 Å². The van der Waals surface area contributed by atoms with Crippen LogP contribution in [0.4, 0.5) is 0 Å². The van der Waals surface area contributed by atoms with E-state index in [2.05, 4.69) is 31.2 Å². The van der Waals surface area contributed by atoms with Crippen LogP contribution in [-0.4, -0.2) is 73.8 Å². The minimum absolute atomic E-state index is 0.0315. The Kier molecular flexibility index (Phi) is 8.74. The van der Waals surface area contributed by atoms with Gasteiger partial charge >= 0.3 is 0 Å². The fourth-order valence-corrected chi connectivity index (χ4v) is 6.75. The molecular weight excluding hydrogens is 556 g/mol. The quantitative estimate of drug-likeness (QED) is 0.235. The van der Waals surface area contributed by atoms with E-state index in [1.807, 2.05) is 60.8 Å². The summed E-state index contributed by atoms with van der Waals surface area (Å²) in [6, 6.07) is 15.3. The molecule has 0 unspecified atom stereocenters. The molecule has 0 aliphatic carbocycles. The molecule has 0 bridgehead atoms. The second kappa shape index (κ2) is 13.0. The largest absolute Gasteiger partial charge is 0.361 e. The van der Waals surface area contributed by atoms with Crippen molar-refractivity contribution in [2.75, 3.05) is 7.05 Å². The van der Waals surface area contributed by atoms with Crippen LogP contribution in [0.15, 0.2) is 67.0 Å². The van der Waals surface area contributed by atoms with Crippen molar-refractivity contribution in [3.63, 3.8) is 0 Å². The number of aryl methyl sites for hydroxylation is 1. The summed E-state index contributed by atoms with van der Waals surface area (Å²) in [5, 5.41) is 18.8. The maximum Gasteiger partial charge on any atom is 0.246 e. The molecule has 6 rings (SSSR count). The average Bonchev–Trinajstić information content (AvgIpc) is 3.77. The van der Waals surface area contributed by atoms with Gasteiger partial charge in [-0.25, -0.2) is 0 Å². The molecule has 5 atom stereocenters. The van der Waals surface area contributed by atoms with Gasteiger partial charge in [-0.3, -0.25) is 19.1 Å². The van der Waals surface area contributed by atoms with Crippen LogP contribution in [0.25, 0.3) is 10.9 Å². The number of rotatable bonds is 9. The van der Waals surface area contributed by atoms with Gasteiger partial charge in [0.25, 0.3) is 0 Å². The highest BCUT2D eigenvalue weighted by molar-refractivity contribution is 5.94. The maximum atomic E-state index is 14.1. The molecule has 2 aromatic carbocycles. The zero-order valence-electron chi connectivity index (χ0n) is 25.2. The SMILES string of the molecule is CN[C@@H](Cc1c[nH]c2ccccc12)C(=O)N[C@H]1CCCC[C@H]2CC[C@@H](C(=O)N[C@@H](c3ccccc3)c3cn(C)nn3)N2C1=O. The van der Waals surface area contributed by atoms with E-state index in [1.54, 1.807) is 29.9 Å². The van der Waals surface area contributed by atoms with Gasteiger partial charge in [-0.1, -0.05) is 66.6 Å². The Balaban J connectivity index is 1.18. The third-order valence-electron chi connectivity index (χ3n) is 9.05. The molecule has 44 heavy (non-hydrogen) atoms. The first-order valence-electron chi connectivity index (χ1n) is 15.5. The molecular formula is C33H40N8O3. The number of carbonyl (C=O) groups excluding carboxylic acids is 3. The van der Waals surface area contributed by atoms with Crippen molar-refractivity contribution in [2.24, 2.45) is 7.05 Å². The summed E-state index contributed by atoms with van der Waals surface area (Å²) in [7, 11) is 3.55. The molecule has 0 saturated carbocycles. The van der Waals surface area contributed by atoms with E-state index in [9.17, 15) is 14.4 Å². The fourth-order valence-electron chi connectivity index (χ4n) is 6.75. The molecule has 0 radical (unpaired) electrons. The number of para-hydroxylation sites is 1. The van der Waals surface area contributed by atoms with Gasteiger partial charge in [-0.2, -0.15) is 0 Å². The third kappa shape index (κ3) is 6.10. The number of H-pyrrole nitrogens is 1. The molecule has 2 aromatic heterocycles. The number of benzene rings is 2. The van der Waals surface area contributed by atoms with Crippen molar-refractivity contribution in [2.45, 2.75) is 75.2 Å². The van der Waals surface area contributed by atoms with Crippen LogP contribution in [0, 0.1) is 0 Å². The molecule has 3 amide bonds. The fraction of sp³-hybridized carbons (Fsp3) is 0.424. The van der Waals surface area contributed by atoms with Crippen molar-refractivity contribution in [1.82, 2.24) is 40.8 Å². The van der Waals surface area contributed by atoms with Crippen LogP contribution in [0.5, 0.6) is 0 Å². The summed E-state index contributed by atoms with van der Waals surface area (Å²) in [6.45, 7) is 0. The lowest BCUT2D eigenvalue weighted by Gasteiger charge is -2.36. The molecule has 4 heterocycles. The van der Waals surface area contributed by atoms with Gasteiger partial charge in [-0.15, -0.1) is 5.10 Å². The predicted octanol–water partition coefficient (Wildman–Crippen LogP) is 2.75. The normalized spacial score (nSPS) is 21.7. The number of nitrogens with zero attached hydrogens (tertiary/aromatic N) is 4. The Morgan fingerprint density at radius 1 is 1.02 bits per heavy atom. The van der Waals surface area contributed by atoms with Gasteiger partial charge in [0.05, 0.1) is 18.3 Å². The molecule has 0 spiro atoms. The Hall–Kier alpha value is -4.51. The maximum absolute atomic E-state index is 14.1. The molecule has 2 fully saturated rings. The summed E-state index contributed by atoms with van der Waals surface area (Å²) in [4.78, 5) is 46.7. The summed E-state index contributed by atoms with van der Waals surface area (Å²) >= 11 is 0. The van der Waals surface area contributed by atoms with E-state index >= 15 is 0 Å². The number of hydrogen-bond acceptors (Lipinski definition) is 6. The van der Waals surface area contributed by atoms with E-state index in [0.29, 0.717) is 25.0 Å². The van der Waals surface area contributed by atoms with Gasteiger partial charge in [0.15, 0.2) is 0 Å². The first kappa shape index (κ1) is 29.6. The molecule has 11 heteroatoms. The Morgan fingerprint density at radius 3 is 2.57 bits per heavy atom. The summed E-state index contributed by atoms with van der Waals surface area (Å²) in [5.41, 5.74) is 3.56. The first-order valence-corrected chi connectivity index (χ1v) is 15.5. The van der Waals surface area contributed by atoms with Crippen LogP contribution in [0.3, 0.4) is 0 Å². The number of fused-ring (bicyclic) bond motifs is 2. The topological polar surface area (TPSA) is 137 Å². The van der Waals surface area contributed by atoms with E-state index in [0.717, 1.165) is 47.7 Å². The average molecular weight is 597 g/mol. The van der Waals surface area contributed by atoms with Gasteiger partial charge in [0, 0.05) is 30.2 Å². The highest BCUT2D eigenvalue weighted by Gasteiger charge is 2.44. The van der Waals surface area contributed by atoms with Gasteiger partial charge in [-0.05, 0) is 56.3 Å². The monoisotopic (exact) mass is 596 g/mol. The molecule has 230 valence electrons. The van der Waals surface area contributed by atoms with Crippen LogP contribution in [0.1, 0.15) is 61.4 Å². The van der Waals surface area contributed by atoms with Crippen LogP contribution in [0.2, 0.25) is 0 Å². The number of likely N-dealkylation sites (N-methyl/N-ethyl adjacent to an activating group) is 1. The first-order chi connectivity index (χ1) is 21.4. The van der Waals surface area contributed by atoms with Crippen molar-refractivity contribution < 1.29 is 14.4 Å². The number of carbonyl (C=O) groups is 3. The lowest BCUT2D eigenvalue weighted by molar-refractivity contribution is -0.144. The van der Waals surface area contributed by atoms with Crippen molar-refractivity contribution in [3.8, 4) is 0 Å². The Labute approximate surface area is 256 Å². The molecule has 4 aromatic rings. The number of hydrogen-bond donors (Lipinski definition) is 4. The number of aromatic nitrogens is 4. The van der Waals surface area contributed by atoms with Crippen LogP contribution >= 0.6 is 0 Å². The summed E-state index contributed by atoms with van der Waals surface area (Å²) in [6.07, 6.45) is 8.70. The molecule has 2 aliphatic rings. The van der Waals surface area contributed by atoms with Crippen LogP contribution in [-0.2, 0) is 27.9 Å². The minimum atomic E-state index is -0.692. The van der Waals surface area contributed by atoms with Gasteiger partial charge in [0.1, 0.15) is 17.8 Å². The third-order valence-corrected chi connectivity index (χ3v) is 9.05. The van der Waals surface area contributed by atoms with E-state index in [-0.39, 0.29) is 23.8 Å². The van der Waals surface area contributed by atoms with E-state index < -0.39 is 24.2 Å².